The summed E-state index contributed by atoms with van der Waals surface area (Å²) in [6.45, 7) is 6.58. The van der Waals surface area contributed by atoms with E-state index >= 15 is 0 Å². The minimum Gasteiger partial charge on any atom is -0.377 e. The monoisotopic (exact) mass is 388 g/mol. The van der Waals surface area contributed by atoms with E-state index in [9.17, 15) is 14.0 Å². The Kier molecular flexibility index (Phi) is 6.08. The second kappa shape index (κ2) is 8.52. The number of carbonyl (C=O) groups excluding carboxylic acids is 2. The summed E-state index contributed by atoms with van der Waals surface area (Å²) in [4.78, 5) is 25.9. The van der Waals surface area contributed by atoms with Crippen LogP contribution in [0.5, 0.6) is 0 Å². The molecule has 0 radical (unpaired) electrons. The third-order valence-electron chi connectivity index (χ3n) is 4.97. The lowest BCUT2D eigenvalue weighted by molar-refractivity contribution is -0.140. The first-order chi connectivity index (χ1) is 13.4. The number of nitrogens with zero attached hydrogens (tertiary/aromatic N) is 3. The van der Waals surface area contributed by atoms with Crippen LogP contribution in [0, 0.1) is 19.7 Å². The Labute approximate surface area is 163 Å². The van der Waals surface area contributed by atoms with Gasteiger partial charge in [-0.3, -0.25) is 9.59 Å². The molecule has 1 N–H and O–H groups in total. The Morgan fingerprint density at radius 1 is 1.32 bits per heavy atom. The van der Waals surface area contributed by atoms with Crippen molar-refractivity contribution in [3.8, 4) is 5.69 Å². The quantitative estimate of drug-likeness (QED) is 0.851. The summed E-state index contributed by atoms with van der Waals surface area (Å²) in [5.74, 6) is -0.708. The highest BCUT2D eigenvalue weighted by Crippen LogP contribution is 2.31. The molecule has 0 unspecified atom stereocenters. The van der Waals surface area contributed by atoms with Gasteiger partial charge in [-0.05, 0) is 26.0 Å². The van der Waals surface area contributed by atoms with Crippen molar-refractivity contribution in [2.24, 2.45) is 0 Å². The molecule has 150 valence electrons. The minimum atomic E-state index is -0.366. The largest absolute Gasteiger partial charge is 0.377 e. The molecular weight excluding hydrogens is 363 g/mol. The molecular formula is C20H25FN4O3. The van der Waals surface area contributed by atoms with Crippen LogP contribution in [-0.2, 0) is 14.3 Å². The van der Waals surface area contributed by atoms with Gasteiger partial charge in [-0.15, -0.1) is 0 Å². The van der Waals surface area contributed by atoms with Gasteiger partial charge in [0.1, 0.15) is 11.5 Å². The molecule has 1 aliphatic heterocycles. The molecule has 1 aliphatic rings. The van der Waals surface area contributed by atoms with E-state index in [-0.39, 0.29) is 30.2 Å². The van der Waals surface area contributed by atoms with Gasteiger partial charge in [0.25, 0.3) is 0 Å². The smallest absolute Gasteiger partial charge is 0.242 e. The minimum absolute atomic E-state index is 0.0529. The van der Waals surface area contributed by atoms with Crippen molar-refractivity contribution in [1.29, 1.82) is 0 Å². The van der Waals surface area contributed by atoms with Crippen LogP contribution < -0.4 is 5.32 Å². The number of aryl methyl sites for hydroxylation is 1. The first-order valence-corrected chi connectivity index (χ1v) is 9.39. The first kappa shape index (κ1) is 20.0. The van der Waals surface area contributed by atoms with Gasteiger partial charge < -0.3 is 15.0 Å². The van der Waals surface area contributed by atoms with E-state index in [1.807, 2.05) is 13.8 Å². The van der Waals surface area contributed by atoms with E-state index < -0.39 is 0 Å². The summed E-state index contributed by atoms with van der Waals surface area (Å²) in [6.07, 6.45) is 0.327. The average Bonchev–Trinajstić information content (AvgIpc) is 3.00. The van der Waals surface area contributed by atoms with Crippen LogP contribution in [0.2, 0.25) is 0 Å². The number of aromatic nitrogens is 2. The Bertz CT molecular complexity index is 880. The van der Waals surface area contributed by atoms with Crippen LogP contribution in [0.15, 0.2) is 24.3 Å². The second-order valence-electron chi connectivity index (χ2n) is 6.76. The van der Waals surface area contributed by atoms with Gasteiger partial charge in [-0.1, -0.05) is 19.1 Å². The van der Waals surface area contributed by atoms with Crippen LogP contribution in [-0.4, -0.2) is 52.8 Å². The van der Waals surface area contributed by atoms with Crippen molar-refractivity contribution >= 4 is 11.8 Å². The summed E-state index contributed by atoms with van der Waals surface area (Å²) in [5, 5.41) is 7.14. The number of nitrogens with one attached hydrogen (secondary N) is 1. The molecule has 1 aromatic carbocycles. The number of rotatable bonds is 5. The van der Waals surface area contributed by atoms with Crippen molar-refractivity contribution in [3.63, 3.8) is 0 Å². The van der Waals surface area contributed by atoms with E-state index in [1.165, 1.54) is 6.07 Å². The number of morpholine rings is 1. The van der Waals surface area contributed by atoms with E-state index in [0.717, 1.165) is 11.3 Å². The first-order valence-electron chi connectivity index (χ1n) is 9.39. The zero-order chi connectivity index (χ0) is 20.3. The number of carbonyl (C=O) groups is 2. The van der Waals surface area contributed by atoms with Crippen molar-refractivity contribution in [2.45, 2.75) is 33.2 Å². The molecule has 2 amide bonds. The van der Waals surface area contributed by atoms with Crippen molar-refractivity contribution in [1.82, 2.24) is 20.0 Å². The zero-order valence-corrected chi connectivity index (χ0v) is 16.4. The number of benzene rings is 1. The maximum absolute atomic E-state index is 14.3. The Balaban J connectivity index is 1.91. The molecule has 0 aliphatic carbocycles. The fourth-order valence-electron chi connectivity index (χ4n) is 3.54. The van der Waals surface area contributed by atoms with Crippen LogP contribution in [0.3, 0.4) is 0 Å². The molecule has 0 bridgehead atoms. The van der Waals surface area contributed by atoms with E-state index in [2.05, 4.69) is 10.4 Å². The highest BCUT2D eigenvalue weighted by molar-refractivity contribution is 5.85. The summed E-state index contributed by atoms with van der Waals surface area (Å²) in [6, 6.07) is 6.11. The molecule has 1 fully saturated rings. The van der Waals surface area contributed by atoms with Gasteiger partial charge in [-0.2, -0.15) is 5.10 Å². The molecule has 3 rings (SSSR count). The van der Waals surface area contributed by atoms with Gasteiger partial charge in [0.2, 0.25) is 11.8 Å². The van der Waals surface area contributed by atoms with Crippen molar-refractivity contribution < 1.29 is 18.7 Å². The normalized spacial score (nSPS) is 16.9. The Hall–Kier alpha value is -2.74. The van der Waals surface area contributed by atoms with Crippen LogP contribution in [0.1, 0.15) is 36.3 Å². The molecule has 0 spiro atoms. The lowest BCUT2D eigenvalue weighted by Gasteiger charge is -2.36. The maximum atomic E-state index is 14.3. The molecule has 7 nitrogen and oxygen atoms in total. The number of amides is 2. The molecule has 1 atom stereocenters. The summed E-state index contributed by atoms with van der Waals surface area (Å²) in [5.41, 5.74) is 2.68. The summed E-state index contributed by atoms with van der Waals surface area (Å²) in [7, 11) is 0. The van der Waals surface area contributed by atoms with Gasteiger partial charge in [-0.25, -0.2) is 9.07 Å². The van der Waals surface area contributed by atoms with Crippen LogP contribution in [0.4, 0.5) is 4.39 Å². The molecule has 8 heteroatoms. The number of halogens is 1. The number of ether oxygens (including phenoxy) is 1. The lowest BCUT2D eigenvalue weighted by Crippen LogP contribution is -2.47. The summed E-state index contributed by atoms with van der Waals surface area (Å²) >= 11 is 0. The van der Waals surface area contributed by atoms with Crippen LogP contribution >= 0.6 is 0 Å². The fourth-order valence-corrected chi connectivity index (χ4v) is 3.54. The van der Waals surface area contributed by atoms with Gasteiger partial charge in [0, 0.05) is 24.2 Å². The average molecular weight is 388 g/mol. The summed E-state index contributed by atoms with van der Waals surface area (Å²) < 4.78 is 21.4. The van der Waals surface area contributed by atoms with E-state index in [0.29, 0.717) is 37.6 Å². The number of para-hydroxylation sites is 1. The maximum Gasteiger partial charge on any atom is 0.242 e. The zero-order valence-electron chi connectivity index (χ0n) is 16.4. The predicted octanol–water partition coefficient (Wildman–Crippen LogP) is 2.05. The second-order valence-corrected chi connectivity index (χ2v) is 6.76. The fraction of sp³-hybridized carbons (Fsp3) is 0.450. The number of hydrogen-bond donors (Lipinski definition) is 1. The van der Waals surface area contributed by atoms with Gasteiger partial charge in [0.15, 0.2) is 0 Å². The van der Waals surface area contributed by atoms with E-state index in [4.69, 9.17) is 4.74 Å². The molecule has 1 aromatic heterocycles. The molecule has 2 heterocycles. The SMILES string of the molecule is CCC(=O)NCC(=O)N1CCOC[C@H]1c1c(C)nn(-c2ccccc2F)c1C. The Morgan fingerprint density at radius 3 is 2.79 bits per heavy atom. The predicted molar refractivity (Wildman–Crippen MR) is 102 cm³/mol. The van der Waals surface area contributed by atoms with Crippen molar-refractivity contribution in [3.05, 3.63) is 47.0 Å². The lowest BCUT2D eigenvalue weighted by atomic mass is 10.0. The molecule has 28 heavy (non-hydrogen) atoms. The third-order valence-corrected chi connectivity index (χ3v) is 4.97. The Morgan fingerprint density at radius 2 is 2.07 bits per heavy atom. The highest BCUT2D eigenvalue weighted by atomic mass is 19.1. The van der Waals surface area contributed by atoms with Gasteiger partial charge in [0.05, 0.1) is 31.5 Å². The number of hydrogen-bond acceptors (Lipinski definition) is 4. The van der Waals surface area contributed by atoms with E-state index in [1.54, 1.807) is 34.7 Å². The standard InChI is InChI=1S/C20H25FN4O3/c1-4-18(26)22-11-19(27)24-9-10-28-12-17(24)20-13(2)23-25(14(20)3)16-8-6-5-7-15(16)21/h5-8,17H,4,9-12H2,1-3H3,(H,22,26)/t17-/m0/s1. The van der Waals surface area contributed by atoms with Crippen molar-refractivity contribution in [2.75, 3.05) is 26.3 Å². The van der Waals surface area contributed by atoms with Crippen LogP contribution in [0.25, 0.3) is 5.69 Å². The third kappa shape index (κ3) is 3.91. The van der Waals surface area contributed by atoms with Gasteiger partial charge >= 0.3 is 0 Å². The molecule has 1 saturated heterocycles. The molecule has 0 saturated carbocycles. The molecule has 2 aromatic rings. The topological polar surface area (TPSA) is 76.5 Å². The highest BCUT2D eigenvalue weighted by Gasteiger charge is 2.33.